The van der Waals surface area contributed by atoms with E-state index in [1.54, 1.807) is 4.90 Å². The van der Waals surface area contributed by atoms with Crippen LogP contribution >= 0.6 is 11.6 Å². The molecule has 1 aromatic heterocycles. The van der Waals surface area contributed by atoms with Gasteiger partial charge in [0.25, 0.3) is 0 Å². The second kappa shape index (κ2) is 7.27. The first-order valence-electron chi connectivity index (χ1n) is 8.93. The largest absolute Gasteiger partial charge is 0.477 e. The molecule has 4 rings (SSSR count). The molecule has 2 heterocycles. The van der Waals surface area contributed by atoms with Crippen LogP contribution in [0.2, 0.25) is 5.28 Å². The Kier molecular flexibility index (Phi) is 4.80. The van der Waals surface area contributed by atoms with Crippen LogP contribution in [0.5, 0.6) is 0 Å². The lowest BCUT2D eigenvalue weighted by atomic mass is 9.61. The molecule has 9 heteroatoms. The van der Waals surface area contributed by atoms with Gasteiger partial charge in [-0.2, -0.15) is 0 Å². The zero-order valence-corrected chi connectivity index (χ0v) is 15.7. The standard InChI is InChI=1S/C19H19ClN4O4/c20-17-22-14(16(25)26)6-15(23-17)21-13-7-19(8-13)10-24(11-19)18(27)28-9-12-4-2-1-3-5-12/h1-6,13H,7-11H2,(H,25,26)(H,21,22,23). The third-order valence-corrected chi connectivity index (χ3v) is 5.31. The van der Waals surface area contributed by atoms with Crippen LogP contribution in [0, 0.1) is 5.41 Å². The number of benzene rings is 1. The van der Waals surface area contributed by atoms with Gasteiger partial charge in [-0.05, 0) is 30.0 Å². The lowest BCUT2D eigenvalue weighted by Crippen LogP contribution is -2.66. The Morgan fingerprint density at radius 1 is 1.25 bits per heavy atom. The van der Waals surface area contributed by atoms with E-state index >= 15 is 0 Å². The first kappa shape index (κ1) is 18.5. The lowest BCUT2D eigenvalue weighted by Gasteiger charge is -2.58. The number of carboxylic acid groups (broad SMARTS) is 1. The summed E-state index contributed by atoms with van der Waals surface area (Å²) in [5, 5.41) is 12.1. The summed E-state index contributed by atoms with van der Waals surface area (Å²) in [6, 6.07) is 11.1. The van der Waals surface area contributed by atoms with Gasteiger partial charge in [-0.3, -0.25) is 0 Å². The molecular formula is C19H19ClN4O4. The number of amides is 1. The third kappa shape index (κ3) is 3.87. The van der Waals surface area contributed by atoms with Gasteiger partial charge in [0.15, 0.2) is 5.69 Å². The van der Waals surface area contributed by atoms with Gasteiger partial charge in [-0.1, -0.05) is 30.3 Å². The number of nitrogens with zero attached hydrogens (tertiary/aromatic N) is 3. The van der Waals surface area contributed by atoms with Gasteiger partial charge in [0, 0.05) is 30.6 Å². The Morgan fingerprint density at radius 3 is 2.64 bits per heavy atom. The summed E-state index contributed by atoms with van der Waals surface area (Å²) in [5.74, 6) is -0.753. The minimum absolute atomic E-state index is 0.104. The molecule has 2 aliphatic rings. The monoisotopic (exact) mass is 402 g/mol. The van der Waals surface area contributed by atoms with Gasteiger partial charge in [0.05, 0.1) is 0 Å². The molecule has 2 aromatic rings. The molecule has 0 bridgehead atoms. The van der Waals surface area contributed by atoms with Crippen LogP contribution in [0.4, 0.5) is 10.6 Å². The maximum atomic E-state index is 12.1. The quantitative estimate of drug-likeness (QED) is 0.740. The van der Waals surface area contributed by atoms with Crippen molar-refractivity contribution in [2.75, 3.05) is 18.4 Å². The van der Waals surface area contributed by atoms with Crippen molar-refractivity contribution < 1.29 is 19.4 Å². The zero-order chi connectivity index (χ0) is 19.7. The number of ether oxygens (including phenoxy) is 1. The summed E-state index contributed by atoms with van der Waals surface area (Å²) in [4.78, 5) is 32.6. The number of carbonyl (C=O) groups is 2. The predicted octanol–water partition coefficient (Wildman–Crippen LogP) is 3.04. The highest BCUT2D eigenvalue weighted by atomic mass is 35.5. The summed E-state index contributed by atoms with van der Waals surface area (Å²) in [7, 11) is 0. The minimum atomic E-state index is -1.15. The third-order valence-electron chi connectivity index (χ3n) is 5.14. The topological polar surface area (TPSA) is 105 Å². The van der Waals surface area contributed by atoms with E-state index in [0.717, 1.165) is 18.4 Å². The second-order valence-electron chi connectivity index (χ2n) is 7.36. The molecule has 2 N–H and O–H groups in total. The molecule has 0 unspecified atom stereocenters. The average Bonchev–Trinajstić information content (AvgIpc) is 2.61. The van der Waals surface area contributed by atoms with E-state index in [2.05, 4.69) is 15.3 Å². The Balaban J connectivity index is 1.23. The van der Waals surface area contributed by atoms with Crippen LogP contribution in [0.3, 0.4) is 0 Å². The van der Waals surface area contributed by atoms with Crippen molar-refractivity contribution in [3.63, 3.8) is 0 Å². The highest BCUT2D eigenvalue weighted by Gasteiger charge is 2.54. The van der Waals surface area contributed by atoms with Gasteiger partial charge in [0.2, 0.25) is 5.28 Å². The van der Waals surface area contributed by atoms with Gasteiger partial charge < -0.3 is 20.1 Å². The first-order chi connectivity index (χ1) is 13.4. The molecule has 0 atom stereocenters. The maximum Gasteiger partial charge on any atom is 0.410 e. The fraction of sp³-hybridized carbons (Fsp3) is 0.368. The number of aromatic carboxylic acids is 1. The first-order valence-corrected chi connectivity index (χ1v) is 9.30. The van der Waals surface area contributed by atoms with Crippen LogP contribution in [0.15, 0.2) is 36.4 Å². The Bertz CT molecular complexity index is 894. The lowest BCUT2D eigenvalue weighted by molar-refractivity contribution is -0.0601. The SMILES string of the molecule is O=C(O)c1cc(NC2CC3(C2)CN(C(=O)OCc2ccccc2)C3)nc(Cl)n1. The van der Waals surface area contributed by atoms with Crippen LogP contribution < -0.4 is 5.32 Å². The van der Waals surface area contributed by atoms with Gasteiger partial charge in [-0.15, -0.1) is 0 Å². The zero-order valence-electron chi connectivity index (χ0n) is 15.0. The number of hydrogen-bond donors (Lipinski definition) is 2. The van der Waals surface area contributed by atoms with E-state index < -0.39 is 5.97 Å². The number of anilines is 1. The summed E-state index contributed by atoms with van der Waals surface area (Å²) in [6.07, 6.45) is 1.46. The normalized spacial score (nSPS) is 17.5. The fourth-order valence-corrected chi connectivity index (χ4v) is 4.04. The molecule has 0 radical (unpaired) electrons. The molecule has 28 heavy (non-hydrogen) atoms. The molecule has 1 aliphatic heterocycles. The van der Waals surface area contributed by atoms with Gasteiger partial charge in [0.1, 0.15) is 12.4 Å². The van der Waals surface area contributed by atoms with E-state index in [4.69, 9.17) is 21.4 Å². The molecule has 1 amide bonds. The Morgan fingerprint density at radius 2 is 1.96 bits per heavy atom. The van der Waals surface area contributed by atoms with Crippen molar-refractivity contribution in [1.82, 2.24) is 14.9 Å². The predicted molar refractivity (Wildman–Crippen MR) is 101 cm³/mol. The molecule has 1 saturated carbocycles. The highest BCUT2D eigenvalue weighted by Crippen LogP contribution is 2.49. The summed E-state index contributed by atoms with van der Waals surface area (Å²) >= 11 is 5.78. The van der Waals surface area contributed by atoms with Crippen LogP contribution in [-0.2, 0) is 11.3 Å². The van der Waals surface area contributed by atoms with Gasteiger partial charge in [-0.25, -0.2) is 19.6 Å². The number of carboxylic acids is 1. The van der Waals surface area contributed by atoms with Crippen molar-refractivity contribution in [2.24, 2.45) is 5.41 Å². The smallest absolute Gasteiger partial charge is 0.410 e. The van der Waals surface area contributed by atoms with Crippen LogP contribution in [-0.4, -0.2) is 51.2 Å². The minimum Gasteiger partial charge on any atom is -0.477 e. The number of rotatable bonds is 5. The van der Waals surface area contributed by atoms with E-state index in [-0.39, 0.29) is 35.1 Å². The van der Waals surface area contributed by atoms with Crippen LogP contribution in [0.25, 0.3) is 0 Å². The molecule has 146 valence electrons. The van der Waals surface area contributed by atoms with Crippen molar-refractivity contribution in [2.45, 2.75) is 25.5 Å². The Labute approximate surface area is 166 Å². The number of aromatic nitrogens is 2. The van der Waals surface area contributed by atoms with Crippen molar-refractivity contribution in [3.8, 4) is 0 Å². The average molecular weight is 403 g/mol. The highest BCUT2D eigenvalue weighted by molar-refractivity contribution is 6.28. The number of nitrogens with one attached hydrogen (secondary N) is 1. The van der Waals surface area contributed by atoms with E-state index in [1.807, 2.05) is 30.3 Å². The van der Waals surface area contributed by atoms with Gasteiger partial charge >= 0.3 is 12.1 Å². The van der Waals surface area contributed by atoms with Crippen molar-refractivity contribution in [1.29, 1.82) is 0 Å². The molecule has 1 saturated heterocycles. The van der Waals surface area contributed by atoms with Crippen molar-refractivity contribution in [3.05, 3.63) is 52.9 Å². The molecule has 1 aliphatic carbocycles. The Hall–Kier alpha value is -2.87. The number of halogens is 1. The fourth-order valence-electron chi connectivity index (χ4n) is 3.86. The maximum absolute atomic E-state index is 12.1. The van der Waals surface area contributed by atoms with Crippen LogP contribution in [0.1, 0.15) is 28.9 Å². The molecule has 2 fully saturated rings. The molecule has 1 aromatic carbocycles. The van der Waals surface area contributed by atoms with E-state index in [0.29, 0.717) is 18.9 Å². The molecule has 1 spiro atoms. The molecule has 8 nitrogen and oxygen atoms in total. The number of carbonyl (C=O) groups excluding carboxylic acids is 1. The molecular weight excluding hydrogens is 384 g/mol. The summed E-state index contributed by atoms with van der Waals surface area (Å²) in [6.45, 7) is 1.61. The van der Waals surface area contributed by atoms with Crippen molar-refractivity contribution >= 4 is 29.5 Å². The number of hydrogen-bond acceptors (Lipinski definition) is 6. The summed E-state index contributed by atoms with van der Waals surface area (Å²) < 4.78 is 5.35. The van der Waals surface area contributed by atoms with E-state index in [9.17, 15) is 9.59 Å². The number of likely N-dealkylation sites (tertiary alicyclic amines) is 1. The van der Waals surface area contributed by atoms with E-state index in [1.165, 1.54) is 6.07 Å². The summed E-state index contributed by atoms with van der Waals surface area (Å²) in [5.41, 5.74) is 0.923. The second-order valence-corrected chi connectivity index (χ2v) is 7.70.